The summed E-state index contributed by atoms with van der Waals surface area (Å²) in [6.45, 7) is 4.53. The number of hydrogen-bond acceptors (Lipinski definition) is 3. The quantitative estimate of drug-likeness (QED) is 0.941. The van der Waals surface area contributed by atoms with Crippen LogP contribution in [0.5, 0.6) is 0 Å². The number of morpholine rings is 1. The van der Waals surface area contributed by atoms with Gasteiger partial charge in [-0.15, -0.1) is 0 Å². The van der Waals surface area contributed by atoms with E-state index >= 15 is 0 Å². The van der Waals surface area contributed by atoms with Crippen LogP contribution in [0.15, 0.2) is 36.4 Å². The molecule has 4 heteroatoms. The molecule has 0 aromatic heterocycles. The number of fused-ring (bicyclic) bond motifs is 1. The first kappa shape index (κ1) is 13.9. The summed E-state index contributed by atoms with van der Waals surface area (Å²) in [5.41, 5.74) is 1.45. The zero-order valence-electron chi connectivity index (χ0n) is 12.1. The summed E-state index contributed by atoms with van der Waals surface area (Å²) < 4.78 is 5.72. The topological polar surface area (TPSA) is 49.8 Å². The highest BCUT2D eigenvalue weighted by Crippen LogP contribution is 2.31. The van der Waals surface area contributed by atoms with E-state index in [0.29, 0.717) is 12.2 Å². The van der Waals surface area contributed by atoms with Gasteiger partial charge in [0.1, 0.15) is 0 Å². The van der Waals surface area contributed by atoms with E-state index in [1.807, 2.05) is 30.3 Å². The standard InChI is InChI=1S/C17H19NO3/c1-2-12-11-18(9-10-21-12)16-8-7-15(17(19)20)13-5-3-4-6-14(13)16/h3-8,12H,2,9-11H2,1H3,(H,19,20). The van der Waals surface area contributed by atoms with Crippen molar-refractivity contribution in [2.24, 2.45) is 0 Å². The Kier molecular flexibility index (Phi) is 3.80. The first-order valence-electron chi connectivity index (χ1n) is 7.32. The fraction of sp³-hybridized carbons (Fsp3) is 0.353. The Morgan fingerprint density at radius 2 is 2.05 bits per heavy atom. The van der Waals surface area contributed by atoms with Crippen LogP contribution in [-0.2, 0) is 4.74 Å². The summed E-state index contributed by atoms with van der Waals surface area (Å²) in [4.78, 5) is 13.7. The summed E-state index contributed by atoms with van der Waals surface area (Å²) in [6.07, 6.45) is 1.23. The van der Waals surface area contributed by atoms with E-state index in [1.54, 1.807) is 6.07 Å². The molecule has 0 saturated carbocycles. The zero-order chi connectivity index (χ0) is 14.8. The van der Waals surface area contributed by atoms with Crippen molar-refractivity contribution in [1.82, 2.24) is 0 Å². The number of carbonyl (C=O) groups is 1. The molecule has 21 heavy (non-hydrogen) atoms. The van der Waals surface area contributed by atoms with Crippen molar-refractivity contribution < 1.29 is 14.6 Å². The second kappa shape index (κ2) is 5.74. The maximum absolute atomic E-state index is 11.4. The molecule has 2 aromatic rings. The van der Waals surface area contributed by atoms with Crippen molar-refractivity contribution in [2.75, 3.05) is 24.6 Å². The zero-order valence-corrected chi connectivity index (χ0v) is 12.1. The van der Waals surface area contributed by atoms with Gasteiger partial charge in [-0.2, -0.15) is 0 Å². The Morgan fingerprint density at radius 1 is 1.29 bits per heavy atom. The SMILES string of the molecule is CCC1CN(c2ccc(C(=O)O)c3ccccc23)CCO1. The van der Waals surface area contributed by atoms with Crippen molar-refractivity contribution >= 4 is 22.4 Å². The molecule has 0 amide bonds. The van der Waals surface area contributed by atoms with Gasteiger partial charge in [0.2, 0.25) is 0 Å². The minimum Gasteiger partial charge on any atom is -0.478 e. The number of carboxylic acid groups (broad SMARTS) is 1. The molecule has 0 bridgehead atoms. The molecule has 0 aliphatic carbocycles. The smallest absolute Gasteiger partial charge is 0.336 e. The van der Waals surface area contributed by atoms with Crippen LogP contribution >= 0.6 is 0 Å². The van der Waals surface area contributed by atoms with E-state index in [-0.39, 0.29) is 6.10 Å². The lowest BCUT2D eigenvalue weighted by Crippen LogP contribution is -2.42. The number of rotatable bonds is 3. The Balaban J connectivity index is 2.07. The second-order valence-electron chi connectivity index (χ2n) is 5.33. The van der Waals surface area contributed by atoms with Crippen molar-refractivity contribution in [3.05, 3.63) is 42.0 Å². The molecule has 1 aliphatic heterocycles. The highest BCUT2D eigenvalue weighted by molar-refractivity contribution is 6.07. The monoisotopic (exact) mass is 285 g/mol. The first-order valence-corrected chi connectivity index (χ1v) is 7.32. The fourth-order valence-electron chi connectivity index (χ4n) is 2.93. The van der Waals surface area contributed by atoms with Crippen LogP contribution in [0.25, 0.3) is 10.8 Å². The minimum atomic E-state index is -0.883. The molecule has 1 fully saturated rings. The van der Waals surface area contributed by atoms with Crippen molar-refractivity contribution in [3.8, 4) is 0 Å². The predicted molar refractivity (Wildman–Crippen MR) is 83.2 cm³/mol. The number of aromatic carboxylic acids is 1. The number of carboxylic acids is 1. The Bertz CT molecular complexity index is 668. The Hall–Kier alpha value is -2.07. The average Bonchev–Trinajstić information content (AvgIpc) is 2.53. The van der Waals surface area contributed by atoms with Gasteiger partial charge in [0, 0.05) is 24.2 Å². The van der Waals surface area contributed by atoms with E-state index in [1.165, 1.54) is 0 Å². The molecular weight excluding hydrogens is 266 g/mol. The summed E-state index contributed by atoms with van der Waals surface area (Å²) in [5.74, 6) is -0.883. The minimum absolute atomic E-state index is 0.247. The number of ether oxygens (including phenoxy) is 1. The first-order chi connectivity index (χ1) is 10.2. The van der Waals surface area contributed by atoms with Crippen molar-refractivity contribution in [3.63, 3.8) is 0 Å². The summed E-state index contributed by atoms with van der Waals surface area (Å²) in [7, 11) is 0. The molecule has 1 N–H and O–H groups in total. The highest BCUT2D eigenvalue weighted by Gasteiger charge is 2.21. The highest BCUT2D eigenvalue weighted by atomic mass is 16.5. The van der Waals surface area contributed by atoms with Gasteiger partial charge in [-0.05, 0) is 23.9 Å². The molecule has 1 unspecified atom stereocenters. The van der Waals surface area contributed by atoms with E-state index < -0.39 is 5.97 Å². The van der Waals surface area contributed by atoms with Crippen LogP contribution in [0.1, 0.15) is 23.7 Å². The molecule has 0 spiro atoms. The van der Waals surface area contributed by atoms with Gasteiger partial charge >= 0.3 is 5.97 Å². The van der Waals surface area contributed by atoms with Gasteiger partial charge in [-0.1, -0.05) is 31.2 Å². The summed E-state index contributed by atoms with van der Waals surface area (Å²) in [5, 5.41) is 11.1. The normalized spacial score (nSPS) is 18.9. The largest absolute Gasteiger partial charge is 0.478 e. The molecule has 0 radical (unpaired) electrons. The summed E-state index contributed by atoms with van der Waals surface area (Å²) >= 11 is 0. The Morgan fingerprint density at radius 3 is 2.76 bits per heavy atom. The molecule has 4 nitrogen and oxygen atoms in total. The second-order valence-corrected chi connectivity index (χ2v) is 5.33. The van der Waals surface area contributed by atoms with Gasteiger partial charge in [-0.25, -0.2) is 4.79 Å². The van der Waals surface area contributed by atoms with Crippen LogP contribution in [0.3, 0.4) is 0 Å². The number of hydrogen-bond donors (Lipinski definition) is 1. The van der Waals surface area contributed by atoms with E-state index in [0.717, 1.165) is 36.0 Å². The van der Waals surface area contributed by atoms with Gasteiger partial charge in [0.15, 0.2) is 0 Å². The van der Waals surface area contributed by atoms with Gasteiger partial charge in [0.05, 0.1) is 18.3 Å². The molecular formula is C17H19NO3. The molecule has 2 aromatic carbocycles. The third kappa shape index (κ3) is 2.59. The molecule has 1 aliphatic rings. The van der Waals surface area contributed by atoms with Crippen molar-refractivity contribution in [1.29, 1.82) is 0 Å². The van der Waals surface area contributed by atoms with Crippen LogP contribution in [0.4, 0.5) is 5.69 Å². The van der Waals surface area contributed by atoms with Gasteiger partial charge in [0.25, 0.3) is 0 Å². The van der Waals surface area contributed by atoms with E-state index in [9.17, 15) is 9.90 Å². The maximum Gasteiger partial charge on any atom is 0.336 e. The molecule has 1 heterocycles. The van der Waals surface area contributed by atoms with Crippen LogP contribution in [0.2, 0.25) is 0 Å². The van der Waals surface area contributed by atoms with Crippen molar-refractivity contribution in [2.45, 2.75) is 19.4 Å². The number of benzene rings is 2. The third-order valence-corrected chi connectivity index (χ3v) is 4.07. The molecule has 110 valence electrons. The van der Waals surface area contributed by atoms with Gasteiger partial charge in [-0.3, -0.25) is 0 Å². The van der Waals surface area contributed by atoms with Gasteiger partial charge < -0.3 is 14.7 Å². The lowest BCUT2D eigenvalue weighted by Gasteiger charge is -2.35. The van der Waals surface area contributed by atoms with Crippen LogP contribution in [-0.4, -0.2) is 36.9 Å². The number of anilines is 1. The number of nitrogens with zero attached hydrogens (tertiary/aromatic N) is 1. The Labute approximate surface area is 123 Å². The fourth-order valence-corrected chi connectivity index (χ4v) is 2.93. The lowest BCUT2D eigenvalue weighted by molar-refractivity contribution is 0.0385. The average molecular weight is 285 g/mol. The molecule has 3 rings (SSSR count). The van der Waals surface area contributed by atoms with E-state index in [4.69, 9.17) is 4.74 Å². The third-order valence-electron chi connectivity index (χ3n) is 4.07. The molecule has 1 saturated heterocycles. The summed E-state index contributed by atoms with van der Waals surface area (Å²) in [6, 6.07) is 11.3. The predicted octanol–water partition coefficient (Wildman–Crippen LogP) is 3.15. The lowest BCUT2D eigenvalue weighted by atomic mass is 10.0. The maximum atomic E-state index is 11.4. The molecule has 1 atom stereocenters. The van der Waals surface area contributed by atoms with Crippen LogP contribution < -0.4 is 4.90 Å². The van der Waals surface area contributed by atoms with Crippen LogP contribution in [0, 0.1) is 0 Å². The van der Waals surface area contributed by atoms with E-state index in [2.05, 4.69) is 11.8 Å².